The van der Waals surface area contributed by atoms with Crippen molar-refractivity contribution in [3.05, 3.63) is 30.5 Å². The normalized spacial score (nSPS) is 33.2. The van der Waals surface area contributed by atoms with Crippen LogP contribution in [0.3, 0.4) is 0 Å². The van der Waals surface area contributed by atoms with Gasteiger partial charge in [-0.1, -0.05) is 12.1 Å². The van der Waals surface area contributed by atoms with Crippen LogP contribution in [0.4, 0.5) is 0 Å². The van der Waals surface area contributed by atoms with Crippen LogP contribution in [-0.2, 0) is 4.74 Å². The minimum Gasteiger partial charge on any atom is -0.460 e. The van der Waals surface area contributed by atoms with Crippen molar-refractivity contribution in [2.45, 2.75) is 30.7 Å². The third-order valence-electron chi connectivity index (χ3n) is 3.64. The van der Waals surface area contributed by atoms with Crippen LogP contribution in [0.5, 0.6) is 5.75 Å². The molecule has 1 aromatic carbocycles. The van der Waals surface area contributed by atoms with Crippen LogP contribution in [-0.4, -0.2) is 62.7 Å². The molecule has 3 rings (SSSR count). The topological polar surface area (TPSA) is 115 Å². The SMILES string of the molecule is OC[C@@H]1O[C@@H](Oc2c[nH]c3ccccc23)[C@H](O)[C@@H](O)[C@H]1O. The van der Waals surface area contributed by atoms with Crippen molar-refractivity contribution < 1.29 is 29.9 Å². The number of nitrogens with one attached hydrogen (secondary N) is 1. The number of H-pyrrole nitrogens is 1. The number of fused-ring (bicyclic) bond motifs is 1. The van der Waals surface area contributed by atoms with Crippen molar-refractivity contribution in [3.63, 3.8) is 0 Å². The molecule has 1 fully saturated rings. The highest BCUT2D eigenvalue weighted by atomic mass is 16.7. The lowest BCUT2D eigenvalue weighted by Crippen LogP contribution is -2.60. The molecule has 5 N–H and O–H groups in total. The van der Waals surface area contributed by atoms with Crippen LogP contribution in [0.1, 0.15) is 0 Å². The zero-order chi connectivity index (χ0) is 15.0. The first-order valence-electron chi connectivity index (χ1n) is 6.65. The van der Waals surface area contributed by atoms with E-state index >= 15 is 0 Å². The fourth-order valence-corrected chi connectivity index (χ4v) is 2.43. The number of para-hydroxylation sites is 1. The van der Waals surface area contributed by atoms with E-state index in [2.05, 4.69) is 4.98 Å². The summed E-state index contributed by atoms with van der Waals surface area (Å²) in [4.78, 5) is 3.01. The van der Waals surface area contributed by atoms with Crippen LogP contribution in [0.2, 0.25) is 0 Å². The first-order valence-corrected chi connectivity index (χ1v) is 6.65. The van der Waals surface area contributed by atoms with E-state index in [4.69, 9.17) is 14.6 Å². The fraction of sp³-hybridized carbons (Fsp3) is 0.429. The number of aliphatic hydroxyl groups excluding tert-OH is 4. The van der Waals surface area contributed by atoms with Gasteiger partial charge in [-0.2, -0.15) is 0 Å². The first-order chi connectivity index (χ1) is 10.1. The lowest BCUT2D eigenvalue weighted by molar-refractivity contribution is -0.277. The predicted molar refractivity (Wildman–Crippen MR) is 72.7 cm³/mol. The maximum Gasteiger partial charge on any atom is 0.229 e. The lowest BCUT2D eigenvalue weighted by Gasteiger charge is -2.39. The molecule has 5 atom stereocenters. The van der Waals surface area contributed by atoms with E-state index in [1.54, 1.807) is 6.20 Å². The molecule has 1 saturated heterocycles. The molecule has 0 radical (unpaired) electrons. The second-order valence-electron chi connectivity index (χ2n) is 5.01. The van der Waals surface area contributed by atoms with Gasteiger partial charge in [-0.05, 0) is 12.1 Å². The third-order valence-corrected chi connectivity index (χ3v) is 3.64. The number of benzene rings is 1. The Hall–Kier alpha value is -1.64. The van der Waals surface area contributed by atoms with Crippen molar-refractivity contribution in [1.82, 2.24) is 4.98 Å². The summed E-state index contributed by atoms with van der Waals surface area (Å²) in [6, 6.07) is 7.42. The molecule has 21 heavy (non-hydrogen) atoms. The van der Waals surface area contributed by atoms with E-state index < -0.39 is 37.3 Å². The number of ether oxygens (including phenoxy) is 2. The van der Waals surface area contributed by atoms with Gasteiger partial charge in [-0.15, -0.1) is 0 Å². The molecule has 2 aromatic rings. The summed E-state index contributed by atoms with van der Waals surface area (Å²) in [6.45, 7) is -0.487. The first kappa shape index (κ1) is 14.3. The monoisotopic (exact) mass is 295 g/mol. The molecule has 0 bridgehead atoms. The van der Waals surface area contributed by atoms with Crippen LogP contribution < -0.4 is 4.74 Å². The summed E-state index contributed by atoms with van der Waals surface area (Å²) < 4.78 is 10.9. The molecule has 2 heterocycles. The van der Waals surface area contributed by atoms with Gasteiger partial charge in [0.15, 0.2) is 0 Å². The number of rotatable bonds is 3. The van der Waals surface area contributed by atoms with Gasteiger partial charge in [-0.25, -0.2) is 0 Å². The molecule has 1 aliphatic heterocycles. The molecule has 1 aliphatic rings. The predicted octanol–water partition coefficient (Wildman–Crippen LogP) is -0.653. The Balaban J connectivity index is 1.83. The Bertz CT molecular complexity index is 612. The molecule has 0 aliphatic carbocycles. The molecule has 1 aromatic heterocycles. The third kappa shape index (κ3) is 2.50. The van der Waals surface area contributed by atoms with Crippen molar-refractivity contribution in [3.8, 4) is 5.75 Å². The van der Waals surface area contributed by atoms with E-state index in [-0.39, 0.29) is 0 Å². The summed E-state index contributed by atoms with van der Waals surface area (Å²) in [7, 11) is 0. The Morgan fingerprint density at radius 1 is 1.10 bits per heavy atom. The molecule has 0 amide bonds. The number of aliphatic hydroxyl groups is 4. The smallest absolute Gasteiger partial charge is 0.229 e. The summed E-state index contributed by atoms with van der Waals surface area (Å²) in [6.07, 6.45) is -4.82. The molecular weight excluding hydrogens is 278 g/mol. The van der Waals surface area contributed by atoms with Gasteiger partial charge in [0.2, 0.25) is 6.29 Å². The Morgan fingerprint density at radius 2 is 1.86 bits per heavy atom. The second kappa shape index (κ2) is 5.63. The summed E-state index contributed by atoms with van der Waals surface area (Å²) in [5, 5.41) is 39.3. The molecule has 0 spiro atoms. The quantitative estimate of drug-likeness (QED) is 0.514. The van der Waals surface area contributed by atoms with Crippen LogP contribution >= 0.6 is 0 Å². The van der Waals surface area contributed by atoms with Crippen molar-refractivity contribution >= 4 is 10.9 Å². The van der Waals surface area contributed by atoms with Gasteiger partial charge in [0.1, 0.15) is 30.2 Å². The van der Waals surface area contributed by atoms with E-state index in [1.807, 2.05) is 24.3 Å². The van der Waals surface area contributed by atoms with Crippen molar-refractivity contribution in [2.24, 2.45) is 0 Å². The van der Waals surface area contributed by atoms with Gasteiger partial charge in [-0.3, -0.25) is 0 Å². The fourth-order valence-electron chi connectivity index (χ4n) is 2.43. The van der Waals surface area contributed by atoms with Crippen LogP contribution in [0.25, 0.3) is 10.9 Å². The second-order valence-corrected chi connectivity index (χ2v) is 5.01. The highest BCUT2D eigenvalue weighted by molar-refractivity contribution is 5.85. The average molecular weight is 295 g/mol. The molecule has 114 valence electrons. The zero-order valence-corrected chi connectivity index (χ0v) is 11.1. The number of aromatic nitrogens is 1. The maximum absolute atomic E-state index is 9.94. The maximum atomic E-state index is 9.94. The summed E-state index contributed by atoms with van der Waals surface area (Å²) in [5.41, 5.74) is 0.858. The number of hydrogen-bond acceptors (Lipinski definition) is 6. The van der Waals surface area contributed by atoms with E-state index in [9.17, 15) is 15.3 Å². The van der Waals surface area contributed by atoms with Crippen molar-refractivity contribution in [2.75, 3.05) is 6.61 Å². The molecule has 7 nitrogen and oxygen atoms in total. The Morgan fingerprint density at radius 3 is 2.62 bits per heavy atom. The van der Waals surface area contributed by atoms with Gasteiger partial charge < -0.3 is 34.9 Å². The minimum absolute atomic E-state index is 0.454. The van der Waals surface area contributed by atoms with Gasteiger partial charge in [0.05, 0.1) is 6.61 Å². The Kier molecular flexibility index (Phi) is 3.83. The van der Waals surface area contributed by atoms with E-state index in [1.165, 1.54) is 0 Å². The largest absolute Gasteiger partial charge is 0.460 e. The summed E-state index contributed by atoms with van der Waals surface area (Å²) >= 11 is 0. The lowest BCUT2D eigenvalue weighted by atomic mass is 9.99. The molecule has 7 heteroatoms. The average Bonchev–Trinajstić information content (AvgIpc) is 2.91. The molecule has 0 saturated carbocycles. The van der Waals surface area contributed by atoms with Crippen LogP contribution in [0.15, 0.2) is 30.5 Å². The van der Waals surface area contributed by atoms with Gasteiger partial charge >= 0.3 is 0 Å². The standard InChI is InChI=1S/C14H17NO6/c16-6-10-11(17)12(18)13(19)14(21-10)20-9-5-15-8-4-2-1-3-7(8)9/h1-5,10-19H,6H2/t10-,11-,12-,13+,14+/m0/s1. The van der Waals surface area contributed by atoms with Gasteiger partial charge in [0, 0.05) is 17.1 Å². The van der Waals surface area contributed by atoms with Gasteiger partial charge in [0.25, 0.3) is 0 Å². The zero-order valence-electron chi connectivity index (χ0n) is 11.1. The number of aromatic amines is 1. The molecule has 0 unspecified atom stereocenters. The highest BCUT2D eigenvalue weighted by Gasteiger charge is 2.44. The van der Waals surface area contributed by atoms with Crippen molar-refractivity contribution in [1.29, 1.82) is 0 Å². The Labute approximate surface area is 120 Å². The molecular formula is C14H17NO6. The van der Waals surface area contributed by atoms with Crippen LogP contribution in [0, 0.1) is 0 Å². The number of hydrogen-bond donors (Lipinski definition) is 5. The van der Waals surface area contributed by atoms with E-state index in [0.29, 0.717) is 5.75 Å². The minimum atomic E-state index is -1.45. The van der Waals surface area contributed by atoms with E-state index in [0.717, 1.165) is 10.9 Å². The highest BCUT2D eigenvalue weighted by Crippen LogP contribution is 2.29. The summed E-state index contributed by atoms with van der Waals surface area (Å²) in [5.74, 6) is 0.454.